The third kappa shape index (κ3) is 2.29. The van der Waals surface area contributed by atoms with Gasteiger partial charge in [-0.1, -0.05) is 0 Å². The molecule has 0 aliphatic heterocycles. The van der Waals surface area contributed by atoms with E-state index in [1.54, 1.807) is 19.1 Å². The maximum atomic E-state index is 11.3. The van der Waals surface area contributed by atoms with Crippen LogP contribution >= 0.6 is 0 Å². The lowest BCUT2D eigenvalue weighted by molar-refractivity contribution is -0.116. The molecule has 0 aliphatic carbocycles. The Kier molecular flexibility index (Phi) is 3.35. The van der Waals surface area contributed by atoms with Crippen LogP contribution < -0.4 is 9.64 Å². The van der Waals surface area contributed by atoms with E-state index < -0.39 is 0 Å². The number of methoxy groups -OCH3 is 1. The first-order valence-electron chi connectivity index (χ1n) is 4.87. The fraction of sp³-hybridized carbons (Fsp3) is 0.417. The largest absolute Gasteiger partial charge is 0.495 e. The number of benzene rings is 1. The molecule has 0 unspecified atom stereocenters. The molecule has 0 radical (unpaired) electrons. The summed E-state index contributed by atoms with van der Waals surface area (Å²) in [5, 5.41) is 0. The van der Waals surface area contributed by atoms with Gasteiger partial charge >= 0.3 is 0 Å². The smallest absolute Gasteiger partial charge is 0.223 e. The highest BCUT2D eigenvalue weighted by Crippen LogP contribution is 2.30. The summed E-state index contributed by atoms with van der Waals surface area (Å²) in [4.78, 5) is 12.9. The Labute approximate surface area is 90.7 Å². The van der Waals surface area contributed by atoms with Crippen LogP contribution in [0.2, 0.25) is 0 Å². The van der Waals surface area contributed by atoms with Crippen molar-refractivity contribution in [1.29, 1.82) is 0 Å². The summed E-state index contributed by atoms with van der Waals surface area (Å²) >= 11 is 0. The highest BCUT2D eigenvalue weighted by molar-refractivity contribution is 5.92. The number of aryl methyl sites for hydroxylation is 2. The fourth-order valence-electron chi connectivity index (χ4n) is 1.37. The van der Waals surface area contributed by atoms with Crippen molar-refractivity contribution in [3.8, 4) is 5.75 Å². The number of ether oxygens (including phenoxy) is 1. The summed E-state index contributed by atoms with van der Waals surface area (Å²) in [7, 11) is 3.36. The zero-order chi connectivity index (χ0) is 11.6. The quantitative estimate of drug-likeness (QED) is 0.744. The highest BCUT2D eigenvalue weighted by Gasteiger charge is 2.12. The number of nitrogens with zero attached hydrogens (tertiary/aromatic N) is 1. The molecule has 0 atom stereocenters. The third-order valence-electron chi connectivity index (χ3n) is 2.63. The van der Waals surface area contributed by atoms with Crippen LogP contribution in [0.4, 0.5) is 5.69 Å². The molecule has 0 heterocycles. The molecule has 0 bridgehead atoms. The SMILES string of the molecule is COc1cc(C)c(C)cc1N(C)C(C)=O. The van der Waals surface area contributed by atoms with Gasteiger partial charge in [-0.15, -0.1) is 0 Å². The Morgan fingerprint density at radius 3 is 2.27 bits per heavy atom. The van der Waals surface area contributed by atoms with Crippen molar-refractivity contribution in [2.24, 2.45) is 0 Å². The van der Waals surface area contributed by atoms with Gasteiger partial charge in [0.15, 0.2) is 0 Å². The molecule has 82 valence electrons. The van der Waals surface area contributed by atoms with E-state index in [-0.39, 0.29) is 5.91 Å². The molecule has 0 aliphatic rings. The predicted molar refractivity (Wildman–Crippen MR) is 61.6 cm³/mol. The zero-order valence-corrected chi connectivity index (χ0v) is 9.92. The summed E-state index contributed by atoms with van der Waals surface area (Å²) in [5.74, 6) is 0.729. The van der Waals surface area contributed by atoms with E-state index in [0.29, 0.717) is 0 Å². The van der Waals surface area contributed by atoms with Crippen molar-refractivity contribution in [3.05, 3.63) is 23.3 Å². The first kappa shape index (κ1) is 11.6. The van der Waals surface area contributed by atoms with Crippen LogP contribution in [-0.4, -0.2) is 20.1 Å². The lowest BCUT2D eigenvalue weighted by Crippen LogP contribution is -2.23. The molecular weight excluding hydrogens is 190 g/mol. The standard InChI is InChI=1S/C12H17NO2/c1-8-6-11(13(4)10(3)14)12(15-5)7-9(8)2/h6-7H,1-5H3. The summed E-state index contributed by atoms with van der Waals surface area (Å²) in [6, 6.07) is 3.92. The molecule has 0 N–H and O–H groups in total. The van der Waals surface area contributed by atoms with Gasteiger partial charge in [-0.2, -0.15) is 0 Å². The van der Waals surface area contributed by atoms with Crippen LogP contribution in [0.3, 0.4) is 0 Å². The molecule has 3 heteroatoms. The van der Waals surface area contributed by atoms with E-state index in [4.69, 9.17) is 4.74 Å². The van der Waals surface area contributed by atoms with Gasteiger partial charge in [0.25, 0.3) is 0 Å². The third-order valence-corrected chi connectivity index (χ3v) is 2.63. The number of amides is 1. The first-order valence-corrected chi connectivity index (χ1v) is 4.87. The van der Waals surface area contributed by atoms with E-state index in [1.165, 1.54) is 6.92 Å². The normalized spacial score (nSPS) is 9.93. The average molecular weight is 207 g/mol. The van der Waals surface area contributed by atoms with Crippen molar-refractivity contribution in [2.45, 2.75) is 20.8 Å². The Morgan fingerprint density at radius 1 is 1.27 bits per heavy atom. The Bertz CT molecular complexity index is 385. The van der Waals surface area contributed by atoms with E-state index >= 15 is 0 Å². The number of carbonyl (C=O) groups is 1. The van der Waals surface area contributed by atoms with Crippen molar-refractivity contribution in [3.63, 3.8) is 0 Å². The molecule has 0 aromatic heterocycles. The number of carbonyl (C=O) groups excluding carboxylic acids is 1. The molecule has 1 rings (SSSR count). The minimum atomic E-state index is -0.00319. The van der Waals surface area contributed by atoms with E-state index in [0.717, 1.165) is 22.6 Å². The summed E-state index contributed by atoms with van der Waals surface area (Å²) in [6.07, 6.45) is 0. The summed E-state index contributed by atoms with van der Waals surface area (Å²) in [6.45, 7) is 5.58. The van der Waals surface area contributed by atoms with Crippen LogP contribution in [0.5, 0.6) is 5.75 Å². The molecule has 0 spiro atoms. The lowest BCUT2D eigenvalue weighted by Gasteiger charge is -2.19. The predicted octanol–water partition coefficient (Wildman–Crippen LogP) is 2.29. The average Bonchev–Trinajstić information content (AvgIpc) is 2.20. The van der Waals surface area contributed by atoms with E-state index in [9.17, 15) is 4.79 Å². The molecule has 0 fully saturated rings. The molecule has 1 aromatic carbocycles. The Hall–Kier alpha value is -1.51. The fourth-order valence-corrected chi connectivity index (χ4v) is 1.37. The summed E-state index contributed by atoms with van der Waals surface area (Å²) in [5.41, 5.74) is 3.12. The van der Waals surface area contributed by atoms with Crippen molar-refractivity contribution < 1.29 is 9.53 Å². The molecule has 0 saturated heterocycles. The van der Waals surface area contributed by atoms with Gasteiger partial charge in [0.2, 0.25) is 5.91 Å². The number of hydrogen-bond acceptors (Lipinski definition) is 2. The second kappa shape index (κ2) is 4.34. The second-order valence-electron chi connectivity index (χ2n) is 3.69. The molecule has 3 nitrogen and oxygen atoms in total. The van der Waals surface area contributed by atoms with Crippen LogP contribution in [0.15, 0.2) is 12.1 Å². The highest BCUT2D eigenvalue weighted by atomic mass is 16.5. The van der Waals surface area contributed by atoms with Gasteiger partial charge in [-0.05, 0) is 37.1 Å². The van der Waals surface area contributed by atoms with Crippen molar-refractivity contribution in [2.75, 3.05) is 19.1 Å². The van der Waals surface area contributed by atoms with Gasteiger partial charge in [-0.25, -0.2) is 0 Å². The Balaban J connectivity index is 3.27. The van der Waals surface area contributed by atoms with Crippen LogP contribution in [0, 0.1) is 13.8 Å². The molecule has 1 aromatic rings. The lowest BCUT2D eigenvalue weighted by atomic mass is 10.1. The number of rotatable bonds is 2. The second-order valence-corrected chi connectivity index (χ2v) is 3.69. The van der Waals surface area contributed by atoms with Gasteiger partial charge in [0, 0.05) is 14.0 Å². The van der Waals surface area contributed by atoms with Gasteiger partial charge in [0.05, 0.1) is 12.8 Å². The Morgan fingerprint density at radius 2 is 1.80 bits per heavy atom. The molecule has 1 amide bonds. The van der Waals surface area contributed by atoms with Crippen molar-refractivity contribution in [1.82, 2.24) is 0 Å². The maximum Gasteiger partial charge on any atom is 0.223 e. The van der Waals surface area contributed by atoms with Gasteiger partial charge in [-0.3, -0.25) is 4.79 Å². The molecule has 15 heavy (non-hydrogen) atoms. The maximum absolute atomic E-state index is 11.3. The van der Waals surface area contributed by atoms with E-state index in [2.05, 4.69) is 0 Å². The zero-order valence-electron chi connectivity index (χ0n) is 9.92. The summed E-state index contributed by atoms with van der Waals surface area (Å²) < 4.78 is 5.26. The van der Waals surface area contributed by atoms with Gasteiger partial charge in [0.1, 0.15) is 5.75 Å². The van der Waals surface area contributed by atoms with Crippen LogP contribution in [0.25, 0.3) is 0 Å². The van der Waals surface area contributed by atoms with Crippen LogP contribution in [-0.2, 0) is 4.79 Å². The van der Waals surface area contributed by atoms with Crippen LogP contribution in [0.1, 0.15) is 18.1 Å². The number of anilines is 1. The van der Waals surface area contributed by atoms with E-state index in [1.807, 2.05) is 26.0 Å². The minimum absolute atomic E-state index is 0.00319. The number of hydrogen-bond donors (Lipinski definition) is 0. The minimum Gasteiger partial charge on any atom is -0.495 e. The topological polar surface area (TPSA) is 29.5 Å². The van der Waals surface area contributed by atoms with Gasteiger partial charge < -0.3 is 9.64 Å². The first-order chi connectivity index (χ1) is 6.97. The molecular formula is C12H17NO2. The van der Waals surface area contributed by atoms with Crippen molar-refractivity contribution >= 4 is 11.6 Å². The molecule has 0 saturated carbocycles. The monoisotopic (exact) mass is 207 g/mol.